The number of hydrogen-bond donors (Lipinski definition) is 1. The molecule has 0 saturated heterocycles. The number of non-ortho nitro benzene ring substituents is 1. The van der Waals surface area contributed by atoms with Gasteiger partial charge in [0.2, 0.25) is 10.0 Å². The molecule has 1 aromatic rings. The molecule has 1 rings (SSSR count). The predicted molar refractivity (Wildman–Crippen MR) is 61.1 cm³/mol. The van der Waals surface area contributed by atoms with Crippen LogP contribution >= 0.6 is 0 Å². The molecule has 94 valence electrons. The smallest absolute Gasteiger partial charge is 0.269 e. The van der Waals surface area contributed by atoms with E-state index in [9.17, 15) is 22.9 Å². The number of hydrogen-bond acceptors (Lipinski definition) is 4. The lowest BCUT2D eigenvalue weighted by molar-refractivity contribution is -0.384. The molecule has 0 amide bonds. The van der Waals surface area contributed by atoms with Crippen LogP contribution in [0.25, 0.3) is 0 Å². The number of sulfonamides is 1. The zero-order chi connectivity index (χ0) is 12.9. The van der Waals surface area contributed by atoms with Crippen LogP contribution in [0, 0.1) is 10.1 Å². The molecule has 0 radical (unpaired) electrons. The molecule has 8 heteroatoms. The van der Waals surface area contributed by atoms with Gasteiger partial charge in [0.1, 0.15) is 0 Å². The van der Waals surface area contributed by atoms with Crippen LogP contribution in [0.2, 0.25) is 0 Å². The van der Waals surface area contributed by atoms with E-state index in [1.165, 1.54) is 24.3 Å². The third kappa shape index (κ3) is 4.35. The fraction of sp³-hybridized carbons (Fsp3) is 0.333. The number of alkyl halides is 1. The molecule has 0 bridgehead atoms. The maximum Gasteiger partial charge on any atom is 0.269 e. The van der Waals surface area contributed by atoms with Crippen LogP contribution in [0.3, 0.4) is 0 Å². The first-order valence-electron chi connectivity index (χ1n) is 4.75. The number of nitro groups is 1. The van der Waals surface area contributed by atoms with Crippen molar-refractivity contribution in [3.63, 3.8) is 0 Å². The summed E-state index contributed by atoms with van der Waals surface area (Å²) in [7, 11) is -3.59. The predicted octanol–water partition coefficient (Wildman–Crippen LogP) is 1.70. The molecule has 0 heterocycles. The quantitative estimate of drug-likeness (QED) is 0.623. The van der Waals surface area contributed by atoms with Gasteiger partial charge in [0.25, 0.3) is 5.69 Å². The first kappa shape index (κ1) is 13.4. The molecule has 0 fully saturated rings. The summed E-state index contributed by atoms with van der Waals surface area (Å²) >= 11 is 0. The summed E-state index contributed by atoms with van der Waals surface area (Å²) in [6.45, 7) is -0.707. The minimum absolute atomic E-state index is 0.0810. The number of nitro benzene ring substituents is 1. The average Bonchev–Trinajstić information content (AvgIpc) is 2.26. The van der Waals surface area contributed by atoms with Gasteiger partial charge in [0, 0.05) is 17.8 Å². The van der Waals surface area contributed by atoms with Crippen molar-refractivity contribution in [2.45, 2.75) is 6.42 Å². The van der Waals surface area contributed by atoms with E-state index in [2.05, 4.69) is 4.72 Å². The molecule has 0 unspecified atom stereocenters. The maximum atomic E-state index is 11.8. The van der Waals surface area contributed by atoms with Crippen molar-refractivity contribution >= 4 is 21.4 Å². The van der Waals surface area contributed by atoms with Crippen LogP contribution in [-0.2, 0) is 10.0 Å². The third-order valence-electron chi connectivity index (χ3n) is 1.90. The molecule has 0 aromatic heterocycles. The van der Waals surface area contributed by atoms with Gasteiger partial charge in [-0.05, 0) is 18.6 Å². The van der Waals surface area contributed by atoms with Crippen LogP contribution in [0.15, 0.2) is 24.3 Å². The fourth-order valence-corrected chi connectivity index (χ4v) is 2.21. The van der Waals surface area contributed by atoms with E-state index in [1.54, 1.807) is 0 Å². The fourth-order valence-electron chi connectivity index (χ4n) is 1.13. The molecule has 1 aromatic carbocycles. The van der Waals surface area contributed by atoms with Crippen molar-refractivity contribution in [2.75, 3.05) is 17.1 Å². The topological polar surface area (TPSA) is 89.3 Å². The Balaban J connectivity index is 2.72. The van der Waals surface area contributed by atoms with Crippen LogP contribution in [0.1, 0.15) is 6.42 Å². The second-order valence-corrected chi connectivity index (χ2v) is 5.11. The van der Waals surface area contributed by atoms with Crippen LogP contribution in [0.5, 0.6) is 0 Å². The van der Waals surface area contributed by atoms with Crippen molar-refractivity contribution in [1.29, 1.82) is 0 Å². The molecular formula is C9H11FN2O4S. The minimum Gasteiger partial charge on any atom is -0.284 e. The Bertz CT molecular complexity index is 486. The van der Waals surface area contributed by atoms with Crippen molar-refractivity contribution in [2.24, 2.45) is 0 Å². The van der Waals surface area contributed by atoms with Crippen molar-refractivity contribution in [3.8, 4) is 0 Å². The normalized spacial score (nSPS) is 11.1. The zero-order valence-electron chi connectivity index (χ0n) is 8.80. The number of benzene rings is 1. The lowest BCUT2D eigenvalue weighted by Gasteiger charge is -2.06. The third-order valence-corrected chi connectivity index (χ3v) is 3.27. The molecule has 0 aliphatic rings. The summed E-state index contributed by atoms with van der Waals surface area (Å²) in [5.74, 6) is -0.319. The molecule has 17 heavy (non-hydrogen) atoms. The van der Waals surface area contributed by atoms with E-state index in [0.717, 1.165) is 0 Å². The van der Waals surface area contributed by atoms with Gasteiger partial charge in [0.15, 0.2) is 0 Å². The van der Waals surface area contributed by atoms with Crippen LogP contribution in [-0.4, -0.2) is 25.8 Å². The van der Waals surface area contributed by atoms with Crippen molar-refractivity contribution in [1.82, 2.24) is 0 Å². The Labute approximate surface area is 97.7 Å². The minimum atomic E-state index is -3.59. The number of halogens is 1. The highest BCUT2D eigenvalue weighted by atomic mass is 32.2. The summed E-state index contributed by atoms with van der Waals surface area (Å²) in [5.41, 5.74) is 0.0890. The lowest BCUT2D eigenvalue weighted by Crippen LogP contribution is -2.16. The molecule has 0 aliphatic carbocycles. The van der Waals surface area contributed by atoms with Crippen molar-refractivity contribution in [3.05, 3.63) is 34.4 Å². The lowest BCUT2D eigenvalue weighted by atomic mass is 10.3. The van der Waals surface area contributed by atoms with E-state index >= 15 is 0 Å². The van der Waals surface area contributed by atoms with Gasteiger partial charge in [-0.15, -0.1) is 0 Å². The average molecular weight is 261 g/mol. The van der Waals surface area contributed by atoms with Gasteiger partial charge < -0.3 is 0 Å². The number of anilines is 1. The van der Waals surface area contributed by atoms with Crippen LogP contribution < -0.4 is 4.72 Å². The molecule has 0 atom stereocenters. The maximum absolute atomic E-state index is 11.8. The Hall–Kier alpha value is -1.70. The number of nitrogens with one attached hydrogen (secondary N) is 1. The Morgan fingerprint density at radius 2 is 1.88 bits per heavy atom. The van der Waals surface area contributed by atoms with Gasteiger partial charge in [-0.2, -0.15) is 0 Å². The zero-order valence-corrected chi connectivity index (χ0v) is 9.61. The van der Waals surface area contributed by atoms with Gasteiger partial charge >= 0.3 is 0 Å². The highest BCUT2D eigenvalue weighted by Crippen LogP contribution is 2.16. The summed E-state index contributed by atoms with van der Waals surface area (Å²) < 4.78 is 36.8. The van der Waals surface area contributed by atoms with Gasteiger partial charge in [-0.3, -0.25) is 19.2 Å². The molecule has 0 saturated carbocycles. The van der Waals surface area contributed by atoms with E-state index in [1.807, 2.05) is 0 Å². The number of nitrogens with zero attached hydrogens (tertiary/aromatic N) is 1. The Morgan fingerprint density at radius 1 is 1.29 bits per heavy atom. The monoisotopic (exact) mass is 261 g/mol. The molecule has 6 nitrogen and oxygen atoms in total. The second-order valence-electron chi connectivity index (χ2n) is 3.27. The summed E-state index contributed by atoms with van der Waals surface area (Å²) in [4.78, 5) is 9.78. The molecule has 0 spiro atoms. The molecule has 1 N–H and O–H groups in total. The Morgan fingerprint density at radius 3 is 2.35 bits per heavy atom. The van der Waals surface area contributed by atoms with E-state index in [4.69, 9.17) is 0 Å². The highest BCUT2D eigenvalue weighted by Gasteiger charge is 2.11. The SMILES string of the molecule is O=[N+]([O-])c1ccc(NS(=O)(=O)CCC[18F])cc1. The van der Waals surface area contributed by atoms with E-state index in [0.29, 0.717) is 0 Å². The first-order valence-corrected chi connectivity index (χ1v) is 6.41. The number of rotatable bonds is 6. The van der Waals surface area contributed by atoms with Gasteiger partial charge in [0.05, 0.1) is 17.4 Å². The summed E-state index contributed by atoms with van der Waals surface area (Å²) in [6.07, 6.45) is -0.0810. The standard InChI is InChI=1S/C9H11FN2O4S/c10-6-1-7-17(15,16)11-8-2-4-9(5-3-8)12(13)14/h2-5,11H,1,6-7H2/i10-1. The second kappa shape index (κ2) is 5.58. The van der Waals surface area contributed by atoms with E-state index in [-0.39, 0.29) is 23.5 Å². The van der Waals surface area contributed by atoms with Gasteiger partial charge in [-0.1, -0.05) is 0 Å². The summed E-state index contributed by atoms with van der Waals surface area (Å²) in [6, 6.07) is 4.94. The Kier molecular flexibility index (Phi) is 4.38. The highest BCUT2D eigenvalue weighted by molar-refractivity contribution is 7.92. The summed E-state index contributed by atoms with van der Waals surface area (Å²) in [5, 5.41) is 10.4. The van der Waals surface area contributed by atoms with Crippen molar-refractivity contribution < 1.29 is 17.7 Å². The van der Waals surface area contributed by atoms with Gasteiger partial charge in [-0.25, -0.2) is 8.42 Å². The van der Waals surface area contributed by atoms with Crippen LogP contribution in [0.4, 0.5) is 15.8 Å². The molecular weight excluding hydrogens is 250 g/mol. The first-order chi connectivity index (χ1) is 7.94. The largest absolute Gasteiger partial charge is 0.284 e. The molecule has 0 aliphatic heterocycles. The van der Waals surface area contributed by atoms with E-state index < -0.39 is 21.6 Å².